The molecule has 102 valence electrons. The van der Waals surface area contributed by atoms with Crippen molar-refractivity contribution in [1.82, 2.24) is 10.2 Å². The second-order valence-electron chi connectivity index (χ2n) is 5.40. The topological polar surface area (TPSA) is 24.5 Å². The molecule has 0 aliphatic rings. The van der Waals surface area contributed by atoms with Crippen molar-refractivity contribution in [1.29, 1.82) is 0 Å². The Morgan fingerprint density at radius 2 is 1.83 bits per heavy atom. The molecule has 0 saturated carbocycles. The molecule has 1 aromatic rings. The van der Waals surface area contributed by atoms with Gasteiger partial charge in [0.1, 0.15) is 5.75 Å². The third-order valence-electron chi connectivity index (χ3n) is 3.28. The summed E-state index contributed by atoms with van der Waals surface area (Å²) in [6, 6.07) is 9.96. The number of likely N-dealkylation sites (N-methyl/N-ethyl adjacent to an activating group) is 1. The van der Waals surface area contributed by atoms with E-state index in [0.29, 0.717) is 0 Å². The van der Waals surface area contributed by atoms with E-state index in [1.165, 1.54) is 0 Å². The smallest absolute Gasteiger partial charge is 0.119 e. The Labute approximate surface area is 111 Å². The van der Waals surface area contributed by atoms with E-state index in [-0.39, 0.29) is 5.54 Å². The van der Waals surface area contributed by atoms with Crippen molar-refractivity contribution >= 4 is 0 Å². The van der Waals surface area contributed by atoms with Crippen LogP contribution in [0.1, 0.15) is 20.3 Å². The van der Waals surface area contributed by atoms with E-state index in [1.54, 1.807) is 0 Å². The van der Waals surface area contributed by atoms with E-state index in [0.717, 1.165) is 31.9 Å². The van der Waals surface area contributed by atoms with Crippen LogP contribution in [0.4, 0.5) is 0 Å². The first-order valence-corrected chi connectivity index (χ1v) is 6.58. The number of benzene rings is 1. The molecule has 0 bridgehead atoms. The normalized spacial score (nSPS) is 11.8. The molecular formula is C15H26N2O. The van der Waals surface area contributed by atoms with Gasteiger partial charge in [0.25, 0.3) is 0 Å². The van der Waals surface area contributed by atoms with Gasteiger partial charge >= 0.3 is 0 Å². The van der Waals surface area contributed by atoms with Gasteiger partial charge in [0, 0.05) is 12.1 Å². The molecule has 0 aromatic heterocycles. The second kappa shape index (κ2) is 7.39. The third kappa shape index (κ3) is 5.52. The number of nitrogens with zero attached hydrogens (tertiary/aromatic N) is 1. The summed E-state index contributed by atoms with van der Waals surface area (Å²) in [6.07, 6.45) is 1.03. The Hall–Kier alpha value is -1.06. The fraction of sp³-hybridized carbons (Fsp3) is 0.600. The highest BCUT2D eigenvalue weighted by molar-refractivity contribution is 5.20. The summed E-state index contributed by atoms with van der Waals surface area (Å²) in [6.45, 7) is 7.22. The van der Waals surface area contributed by atoms with Crippen LogP contribution in [0, 0.1) is 0 Å². The molecule has 0 aliphatic carbocycles. The lowest BCUT2D eigenvalue weighted by Crippen LogP contribution is -2.46. The van der Waals surface area contributed by atoms with Gasteiger partial charge in [0.05, 0.1) is 6.61 Å². The number of nitrogens with one attached hydrogen (secondary N) is 1. The Kier molecular flexibility index (Phi) is 6.16. The van der Waals surface area contributed by atoms with Gasteiger partial charge in [-0.25, -0.2) is 0 Å². The minimum atomic E-state index is 0.195. The molecule has 1 aromatic carbocycles. The van der Waals surface area contributed by atoms with Gasteiger partial charge < -0.3 is 15.0 Å². The summed E-state index contributed by atoms with van der Waals surface area (Å²) < 4.78 is 5.64. The van der Waals surface area contributed by atoms with Crippen molar-refractivity contribution in [3.05, 3.63) is 30.3 Å². The molecule has 0 aliphatic heterocycles. The first kappa shape index (κ1) is 15.0. The van der Waals surface area contributed by atoms with Gasteiger partial charge in [-0.05, 0) is 53.0 Å². The van der Waals surface area contributed by atoms with E-state index >= 15 is 0 Å². The van der Waals surface area contributed by atoms with Gasteiger partial charge in [-0.15, -0.1) is 0 Å². The fourth-order valence-electron chi connectivity index (χ4n) is 1.46. The number of hydrogen-bond acceptors (Lipinski definition) is 3. The molecular weight excluding hydrogens is 224 g/mol. The zero-order valence-electron chi connectivity index (χ0n) is 12.1. The van der Waals surface area contributed by atoms with Crippen molar-refractivity contribution < 1.29 is 4.74 Å². The van der Waals surface area contributed by atoms with Gasteiger partial charge in [0.15, 0.2) is 0 Å². The average Bonchev–Trinajstić information content (AvgIpc) is 2.34. The third-order valence-corrected chi connectivity index (χ3v) is 3.28. The average molecular weight is 250 g/mol. The lowest BCUT2D eigenvalue weighted by atomic mass is 10.0. The summed E-state index contributed by atoms with van der Waals surface area (Å²) in [5.41, 5.74) is 0.195. The molecule has 0 atom stereocenters. The van der Waals surface area contributed by atoms with Crippen LogP contribution >= 0.6 is 0 Å². The van der Waals surface area contributed by atoms with E-state index < -0.39 is 0 Å². The first-order valence-electron chi connectivity index (χ1n) is 6.58. The van der Waals surface area contributed by atoms with E-state index in [2.05, 4.69) is 38.2 Å². The van der Waals surface area contributed by atoms with Crippen molar-refractivity contribution in [3.63, 3.8) is 0 Å². The molecule has 0 saturated heterocycles. The number of hydrogen-bond donors (Lipinski definition) is 1. The summed E-state index contributed by atoms with van der Waals surface area (Å²) >= 11 is 0. The maximum atomic E-state index is 5.64. The molecule has 0 unspecified atom stereocenters. The largest absolute Gasteiger partial charge is 0.494 e. The molecule has 0 amide bonds. The van der Waals surface area contributed by atoms with Crippen LogP contribution in [-0.2, 0) is 0 Å². The van der Waals surface area contributed by atoms with Crippen LogP contribution in [0.15, 0.2) is 30.3 Å². The Balaban J connectivity index is 2.06. The van der Waals surface area contributed by atoms with Crippen LogP contribution in [0.2, 0.25) is 0 Å². The van der Waals surface area contributed by atoms with Crippen molar-refractivity contribution in [2.45, 2.75) is 25.8 Å². The molecule has 3 heteroatoms. The zero-order chi connectivity index (χ0) is 13.4. The molecule has 18 heavy (non-hydrogen) atoms. The number of para-hydroxylation sites is 1. The summed E-state index contributed by atoms with van der Waals surface area (Å²) in [7, 11) is 4.22. The van der Waals surface area contributed by atoms with Crippen LogP contribution in [0.25, 0.3) is 0 Å². The van der Waals surface area contributed by atoms with E-state index in [4.69, 9.17) is 4.74 Å². The minimum Gasteiger partial charge on any atom is -0.494 e. The first-order chi connectivity index (χ1) is 8.52. The van der Waals surface area contributed by atoms with E-state index in [9.17, 15) is 0 Å². The Morgan fingerprint density at radius 1 is 1.17 bits per heavy atom. The van der Waals surface area contributed by atoms with Gasteiger partial charge in [-0.3, -0.25) is 0 Å². The quantitative estimate of drug-likeness (QED) is 0.717. The lowest BCUT2D eigenvalue weighted by molar-refractivity contribution is 0.188. The standard InChI is InChI=1S/C15H26N2O/c1-15(2,17(3)4)13-16-11-8-12-18-14-9-6-5-7-10-14/h5-7,9-10,16H,8,11-13H2,1-4H3. The van der Waals surface area contributed by atoms with Crippen molar-refractivity contribution in [2.24, 2.45) is 0 Å². The van der Waals surface area contributed by atoms with E-state index in [1.807, 2.05) is 30.3 Å². The Bertz CT molecular complexity index is 323. The van der Waals surface area contributed by atoms with Gasteiger partial charge in [-0.1, -0.05) is 18.2 Å². The van der Waals surface area contributed by atoms with Crippen molar-refractivity contribution in [2.75, 3.05) is 33.8 Å². The van der Waals surface area contributed by atoms with Crippen LogP contribution < -0.4 is 10.1 Å². The van der Waals surface area contributed by atoms with Gasteiger partial charge in [-0.2, -0.15) is 0 Å². The van der Waals surface area contributed by atoms with Crippen LogP contribution in [0.5, 0.6) is 5.75 Å². The lowest BCUT2D eigenvalue weighted by Gasteiger charge is -2.32. The number of rotatable bonds is 8. The monoisotopic (exact) mass is 250 g/mol. The highest BCUT2D eigenvalue weighted by atomic mass is 16.5. The predicted octanol–water partition coefficient (Wildman–Crippen LogP) is 2.39. The second-order valence-corrected chi connectivity index (χ2v) is 5.40. The molecule has 1 N–H and O–H groups in total. The molecule has 3 nitrogen and oxygen atoms in total. The van der Waals surface area contributed by atoms with Crippen LogP contribution in [-0.4, -0.2) is 44.2 Å². The summed E-state index contributed by atoms with van der Waals surface area (Å²) in [5, 5.41) is 3.47. The molecule has 0 heterocycles. The predicted molar refractivity (Wildman–Crippen MR) is 77.2 cm³/mol. The maximum absolute atomic E-state index is 5.64. The number of ether oxygens (including phenoxy) is 1. The minimum absolute atomic E-state index is 0.195. The zero-order valence-corrected chi connectivity index (χ0v) is 12.1. The van der Waals surface area contributed by atoms with Gasteiger partial charge in [0.2, 0.25) is 0 Å². The highest BCUT2D eigenvalue weighted by Gasteiger charge is 2.18. The molecule has 0 spiro atoms. The maximum Gasteiger partial charge on any atom is 0.119 e. The SMILES string of the molecule is CN(C)C(C)(C)CNCCCOc1ccccc1. The molecule has 0 fully saturated rings. The van der Waals surface area contributed by atoms with Crippen molar-refractivity contribution in [3.8, 4) is 5.75 Å². The Morgan fingerprint density at radius 3 is 2.44 bits per heavy atom. The van der Waals surface area contributed by atoms with Crippen LogP contribution in [0.3, 0.4) is 0 Å². The molecule has 0 radical (unpaired) electrons. The molecule has 1 rings (SSSR count). The highest BCUT2D eigenvalue weighted by Crippen LogP contribution is 2.09. The summed E-state index contributed by atoms with van der Waals surface area (Å²) in [4.78, 5) is 2.24. The fourth-order valence-corrected chi connectivity index (χ4v) is 1.46. The summed E-state index contributed by atoms with van der Waals surface area (Å²) in [5.74, 6) is 0.950.